The van der Waals surface area contributed by atoms with Crippen molar-refractivity contribution in [3.05, 3.63) is 0 Å². The number of methoxy groups -OCH3 is 1. The minimum atomic E-state index is -0.764. The highest BCUT2D eigenvalue weighted by atomic mass is 16.5. The molecule has 1 N–H and O–H groups in total. The fourth-order valence-electron chi connectivity index (χ4n) is 2.24. The third-order valence-corrected chi connectivity index (χ3v) is 3.47. The molecule has 1 fully saturated rings. The van der Waals surface area contributed by atoms with Gasteiger partial charge in [-0.1, -0.05) is 13.8 Å². The molecule has 1 rings (SSSR count). The molecule has 5 heteroatoms. The molecule has 104 valence electrons. The Morgan fingerprint density at radius 3 is 2.72 bits per heavy atom. The van der Waals surface area contributed by atoms with Gasteiger partial charge in [0.05, 0.1) is 6.61 Å². The number of hydrogen-bond donors (Lipinski definition) is 1. The van der Waals surface area contributed by atoms with Crippen LogP contribution in [0.1, 0.15) is 33.6 Å². The van der Waals surface area contributed by atoms with Crippen LogP contribution >= 0.6 is 0 Å². The van der Waals surface area contributed by atoms with Crippen LogP contribution in [-0.4, -0.2) is 49.1 Å². The van der Waals surface area contributed by atoms with Gasteiger partial charge in [-0.25, -0.2) is 0 Å². The summed E-state index contributed by atoms with van der Waals surface area (Å²) in [6.45, 7) is 7.51. The lowest BCUT2D eigenvalue weighted by Crippen LogP contribution is -2.55. The number of amides is 2. The number of carbonyl (C=O) groups excluding carboxylic acids is 2. The Bertz CT molecular complexity index is 319. The van der Waals surface area contributed by atoms with Gasteiger partial charge in [0.15, 0.2) is 0 Å². The number of hydrogen-bond acceptors (Lipinski definition) is 3. The summed E-state index contributed by atoms with van der Waals surface area (Å²) in [5.74, 6) is 0.238. The average Bonchev–Trinajstić information content (AvgIpc) is 2.42. The molecule has 0 saturated carbocycles. The van der Waals surface area contributed by atoms with Crippen LogP contribution < -0.4 is 5.32 Å². The topological polar surface area (TPSA) is 58.6 Å². The zero-order chi connectivity index (χ0) is 13.8. The molecule has 1 saturated heterocycles. The van der Waals surface area contributed by atoms with Crippen molar-refractivity contribution < 1.29 is 14.3 Å². The van der Waals surface area contributed by atoms with E-state index in [-0.39, 0.29) is 17.7 Å². The quantitative estimate of drug-likeness (QED) is 0.791. The third kappa shape index (κ3) is 3.45. The molecular weight excluding hydrogens is 232 g/mol. The van der Waals surface area contributed by atoms with Gasteiger partial charge in [-0.05, 0) is 19.3 Å². The molecule has 2 unspecified atom stereocenters. The van der Waals surface area contributed by atoms with Crippen LogP contribution in [-0.2, 0) is 14.3 Å². The maximum Gasteiger partial charge on any atom is 0.248 e. The second-order valence-electron chi connectivity index (χ2n) is 5.30. The normalized spacial score (nSPS) is 26.8. The van der Waals surface area contributed by atoms with Crippen LogP contribution in [0.5, 0.6) is 0 Å². The molecule has 2 amide bonds. The summed E-state index contributed by atoms with van der Waals surface area (Å²) in [4.78, 5) is 25.9. The molecule has 5 nitrogen and oxygen atoms in total. The third-order valence-electron chi connectivity index (χ3n) is 3.47. The van der Waals surface area contributed by atoms with Crippen molar-refractivity contribution >= 4 is 11.8 Å². The number of nitrogens with one attached hydrogen (secondary N) is 1. The first-order valence-corrected chi connectivity index (χ1v) is 6.52. The zero-order valence-electron chi connectivity index (χ0n) is 11.8. The van der Waals surface area contributed by atoms with Crippen LogP contribution in [0.2, 0.25) is 0 Å². The molecule has 1 heterocycles. The molecular formula is C13H24N2O3. The lowest BCUT2D eigenvalue weighted by atomic mass is 9.97. The van der Waals surface area contributed by atoms with E-state index in [9.17, 15) is 9.59 Å². The number of rotatable bonds is 5. The zero-order valence-corrected chi connectivity index (χ0v) is 11.8. The SMILES string of the molecule is CCC1(C)NC(=O)CCN(CC(C)COC)C1=O. The summed E-state index contributed by atoms with van der Waals surface area (Å²) in [5, 5.41) is 2.83. The van der Waals surface area contributed by atoms with Crippen molar-refractivity contribution in [2.24, 2.45) is 5.92 Å². The molecule has 0 aromatic rings. The Balaban J connectivity index is 2.78. The standard InChI is InChI=1S/C13H24N2O3/c1-5-13(3)12(17)15(7-6-11(16)14-13)8-10(2)9-18-4/h10H,5-9H2,1-4H3,(H,14,16). The Labute approximate surface area is 109 Å². The summed E-state index contributed by atoms with van der Waals surface area (Å²) in [5.41, 5.74) is -0.764. The van der Waals surface area contributed by atoms with Gasteiger partial charge in [-0.15, -0.1) is 0 Å². The van der Waals surface area contributed by atoms with Crippen LogP contribution in [0, 0.1) is 5.92 Å². The molecule has 0 radical (unpaired) electrons. The van der Waals surface area contributed by atoms with E-state index in [4.69, 9.17) is 4.74 Å². The Morgan fingerprint density at radius 2 is 2.17 bits per heavy atom. The first-order valence-electron chi connectivity index (χ1n) is 6.52. The molecule has 0 aliphatic carbocycles. The molecule has 2 atom stereocenters. The van der Waals surface area contributed by atoms with Gasteiger partial charge in [0.2, 0.25) is 11.8 Å². The molecule has 0 aromatic carbocycles. The van der Waals surface area contributed by atoms with Crippen molar-refractivity contribution in [3.63, 3.8) is 0 Å². The molecule has 0 spiro atoms. The summed E-state index contributed by atoms with van der Waals surface area (Å²) in [6.07, 6.45) is 0.980. The van der Waals surface area contributed by atoms with Crippen molar-refractivity contribution in [2.45, 2.75) is 39.2 Å². The second kappa shape index (κ2) is 6.18. The van der Waals surface area contributed by atoms with Gasteiger partial charge in [0, 0.05) is 26.6 Å². The fraction of sp³-hybridized carbons (Fsp3) is 0.846. The Morgan fingerprint density at radius 1 is 1.50 bits per heavy atom. The summed E-state index contributed by atoms with van der Waals surface area (Å²) in [7, 11) is 1.65. The Kier molecular flexibility index (Phi) is 5.14. The van der Waals surface area contributed by atoms with Crippen LogP contribution in [0.4, 0.5) is 0 Å². The van der Waals surface area contributed by atoms with E-state index >= 15 is 0 Å². The number of carbonyl (C=O) groups is 2. The van der Waals surface area contributed by atoms with Gasteiger partial charge in [0.25, 0.3) is 0 Å². The van der Waals surface area contributed by atoms with E-state index in [0.717, 1.165) is 0 Å². The fourth-order valence-corrected chi connectivity index (χ4v) is 2.24. The van der Waals surface area contributed by atoms with E-state index in [1.165, 1.54) is 0 Å². The van der Waals surface area contributed by atoms with E-state index in [1.807, 2.05) is 13.8 Å². The van der Waals surface area contributed by atoms with Gasteiger partial charge in [0.1, 0.15) is 5.54 Å². The predicted octanol–water partition coefficient (Wildman–Crippen LogP) is 0.786. The maximum absolute atomic E-state index is 12.5. The summed E-state index contributed by atoms with van der Waals surface area (Å²) < 4.78 is 5.09. The number of ether oxygens (including phenoxy) is 1. The van der Waals surface area contributed by atoms with Gasteiger partial charge in [-0.2, -0.15) is 0 Å². The maximum atomic E-state index is 12.5. The first kappa shape index (κ1) is 15.0. The molecule has 18 heavy (non-hydrogen) atoms. The van der Waals surface area contributed by atoms with E-state index in [0.29, 0.717) is 32.5 Å². The smallest absolute Gasteiger partial charge is 0.248 e. The highest BCUT2D eigenvalue weighted by Crippen LogP contribution is 2.18. The molecule has 1 aliphatic rings. The molecule has 0 aromatic heterocycles. The lowest BCUT2D eigenvalue weighted by Gasteiger charge is -2.32. The van der Waals surface area contributed by atoms with Gasteiger partial charge < -0.3 is 15.0 Å². The second-order valence-corrected chi connectivity index (χ2v) is 5.30. The molecule has 1 aliphatic heterocycles. The van der Waals surface area contributed by atoms with E-state index < -0.39 is 5.54 Å². The first-order chi connectivity index (χ1) is 8.42. The lowest BCUT2D eigenvalue weighted by molar-refractivity contribution is -0.138. The highest BCUT2D eigenvalue weighted by Gasteiger charge is 2.39. The summed E-state index contributed by atoms with van der Waals surface area (Å²) in [6, 6.07) is 0. The predicted molar refractivity (Wildman–Crippen MR) is 69.1 cm³/mol. The van der Waals surface area contributed by atoms with Crippen LogP contribution in [0.3, 0.4) is 0 Å². The van der Waals surface area contributed by atoms with E-state index in [1.54, 1.807) is 18.9 Å². The van der Waals surface area contributed by atoms with E-state index in [2.05, 4.69) is 5.32 Å². The van der Waals surface area contributed by atoms with Crippen LogP contribution in [0.25, 0.3) is 0 Å². The number of nitrogens with zero attached hydrogens (tertiary/aromatic N) is 1. The minimum absolute atomic E-state index is 0.0128. The van der Waals surface area contributed by atoms with Crippen molar-refractivity contribution in [1.82, 2.24) is 10.2 Å². The largest absolute Gasteiger partial charge is 0.384 e. The van der Waals surface area contributed by atoms with Gasteiger partial charge >= 0.3 is 0 Å². The minimum Gasteiger partial charge on any atom is -0.384 e. The Hall–Kier alpha value is -1.10. The summed E-state index contributed by atoms with van der Waals surface area (Å²) >= 11 is 0. The van der Waals surface area contributed by atoms with Crippen molar-refractivity contribution in [3.8, 4) is 0 Å². The average molecular weight is 256 g/mol. The van der Waals surface area contributed by atoms with Crippen LogP contribution in [0.15, 0.2) is 0 Å². The molecule has 0 bridgehead atoms. The monoisotopic (exact) mass is 256 g/mol. The van der Waals surface area contributed by atoms with Gasteiger partial charge in [-0.3, -0.25) is 9.59 Å². The van der Waals surface area contributed by atoms with Crippen molar-refractivity contribution in [1.29, 1.82) is 0 Å². The highest BCUT2D eigenvalue weighted by molar-refractivity contribution is 5.93. The van der Waals surface area contributed by atoms with Crippen molar-refractivity contribution in [2.75, 3.05) is 26.8 Å².